The SMILES string of the molecule is COCCn1ncc(Cl)c1C(O)Cc1ccc(F)cc1. The zero-order valence-corrected chi connectivity index (χ0v) is 11.8. The third-order valence-corrected chi connectivity index (χ3v) is 3.29. The number of nitrogens with zero attached hydrogens (tertiary/aromatic N) is 2. The summed E-state index contributed by atoms with van der Waals surface area (Å²) in [6, 6.07) is 6.02. The molecule has 1 unspecified atom stereocenters. The van der Waals surface area contributed by atoms with Crippen LogP contribution in [-0.2, 0) is 17.7 Å². The molecule has 0 bridgehead atoms. The highest BCUT2D eigenvalue weighted by Crippen LogP contribution is 2.25. The maximum atomic E-state index is 12.9. The zero-order chi connectivity index (χ0) is 14.5. The molecule has 2 rings (SSSR count). The molecular weight excluding hydrogens is 283 g/mol. The van der Waals surface area contributed by atoms with Crippen molar-refractivity contribution in [2.45, 2.75) is 19.1 Å². The van der Waals surface area contributed by atoms with E-state index in [1.54, 1.807) is 23.9 Å². The van der Waals surface area contributed by atoms with Crippen LogP contribution < -0.4 is 0 Å². The molecule has 0 amide bonds. The van der Waals surface area contributed by atoms with E-state index in [0.717, 1.165) is 5.56 Å². The molecule has 0 aliphatic rings. The fourth-order valence-corrected chi connectivity index (χ4v) is 2.27. The van der Waals surface area contributed by atoms with Gasteiger partial charge in [0.25, 0.3) is 0 Å². The second-order valence-electron chi connectivity index (χ2n) is 4.44. The lowest BCUT2D eigenvalue weighted by Gasteiger charge is -2.14. The number of methoxy groups -OCH3 is 1. The number of rotatable bonds is 6. The maximum Gasteiger partial charge on any atom is 0.123 e. The summed E-state index contributed by atoms with van der Waals surface area (Å²) < 4.78 is 19.5. The predicted octanol–water partition coefficient (Wildman–Crippen LogP) is 2.60. The van der Waals surface area contributed by atoms with E-state index in [2.05, 4.69) is 5.10 Å². The maximum absolute atomic E-state index is 12.9. The molecular formula is C14H16ClFN2O2. The molecule has 1 aromatic carbocycles. The zero-order valence-electron chi connectivity index (χ0n) is 11.1. The van der Waals surface area contributed by atoms with Gasteiger partial charge in [-0.2, -0.15) is 5.10 Å². The molecule has 108 valence electrons. The van der Waals surface area contributed by atoms with E-state index in [4.69, 9.17) is 16.3 Å². The molecule has 4 nitrogen and oxygen atoms in total. The first-order valence-corrected chi connectivity index (χ1v) is 6.62. The summed E-state index contributed by atoms with van der Waals surface area (Å²) in [6.07, 6.45) is 1.05. The van der Waals surface area contributed by atoms with E-state index in [0.29, 0.717) is 30.3 Å². The molecule has 0 fully saturated rings. The molecule has 1 heterocycles. The molecule has 1 aromatic heterocycles. The Kier molecular flexibility index (Phi) is 5.11. The standard InChI is InChI=1S/C14H16ClFN2O2/c1-20-7-6-18-14(12(15)9-17-18)13(19)8-10-2-4-11(16)5-3-10/h2-5,9,13,19H,6-8H2,1H3. The van der Waals surface area contributed by atoms with Crippen molar-refractivity contribution in [3.8, 4) is 0 Å². The minimum atomic E-state index is -0.799. The van der Waals surface area contributed by atoms with Gasteiger partial charge in [-0.05, 0) is 17.7 Å². The van der Waals surface area contributed by atoms with Crippen LogP contribution in [-0.4, -0.2) is 28.6 Å². The van der Waals surface area contributed by atoms with Gasteiger partial charge < -0.3 is 9.84 Å². The van der Waals surface area contributed by atoms with E-state index in [-0.39, 0.29) is 5.82 Å². The van der Waals surface area contributed by atoms with Gasteiger partial charge in [0.2, 0.25) is 0 Å². The Morgan fingerprint density at radius 3 is 2.75 bits per heavy atom. The first kappa shape index (κ1) is 15.0. The van der Waals surface area contributed by atoms with Crippen molar-refractivity contribution in [2.24, 2.45) is 0 Å². The quantitative estimate of drug-likeness (QED) is 0.892. The Balaban J connectivity index is 2.13. The molecule has 0 saturated carbocycles. The van der Waals surface area contributed by atoms with Crippen LogP contribution in [0.3, 0.4) is 0 Å². The highest BCUT2D eigenvalue weighted by molar-refractivity contribution is 6.31. The van der Waals surface area contributed by atoms with E-state index < -0.39 is 6.10 Å². The number of aromatic nitrogens is 2. The monoisotopic (exact) mass is 298 g/mol. The predicted molar refractivity (Wildman–Crippen MR) is 74.2 cm³/mol. The van der Waals surface area contributed by atoms with Crippen LogP contribution in [0.4, 0.5) is 4.39 Å². The van der Waals surface area contributed by atoms with Crippen LogP contribution in [0.2, 0.25) is 5.02 Å². The van der Waals surface area contributed by atoms with Gasteiger partial charge in [0.05, 0.1) is 30.1 Å². The highest BCUT2D eigenvalue weighted by atomic mass is 35.5. The Morgan fingerprint density at radius 1 is 1.40 bits per heavy atom. The minimum Gasteiger partial charge on any atom is -0.386 e. The third kappa shape index (κ3) is 3.56. The average molecular weight is 299 g/mol. The average Bonchev–Trinajstić information content (AvgIpc) is 2.80. The molecule has 0 radical (unpaired) electrons. The molecule has 6 heteroatoms. The smallest absolute Gasteiger partial charge is 0.123 e. The van der Waals surface area contributed by atoms with Crippen molar-refractivity contribution in [3.05, 3.63) is 52.6 Å². The summed E-state index contributed by atoms with van der Waals surface area (Å²) in [7, 11) is 1.60. The molecule has 0 saturated heterocycles. The first-order chi connectivity index (χ1) is 9.61. The van der Waals surface area contributed by atoms with Crippen molar-refractivity contribution in [1.82, 2.24) is 9.78 Å². The number of hydrogen-bond acceptors (Lipinski definition) is 3. The Hall–Kier alpha value is -1.43. The molecule has 20 heavy (non-hydrogen) atoms. The normalized spacial score (nSPS) is 12.6. The summed E-state index contributed by atoms with van der Waals surface area (Å²) in [5.74, 6) is -0.300. The van der Waals surface area contributed by atoms with Gasteiger partial charge >= 0.3 is 0 Å². The third-order valence-electron chi connectivity index (χ3n) is 3.00. The fraction of sp³-hybridized carbons (Fsp3) is 0.357. The summed E-state index contributed by atoms with van der Waals surface area (Å²) in [4.78, 5) is 0. The first-order valence-electron chi connectivity index (χ1n) is 6.24. The number of aliphatic hydroxyl groups is 1. The summed E-state index contributed by atoms with van der Waals surface area (Å²) >= 11 is 6.07. The van der Waals surface area contributed by atoms with Gasteiger partial charge in [-0.15, -0.1) is 0 Å². The number of ether oxygens (including phenoxy) is 1. The molecule has 1 atom stereocenters. The van der Waals surface area contributed by atoms with E-state index >= 15 is 0 Å². The van der Waals surface area contributed by atoms with Crippen LogP contribution in [0, 0.1) is 5.82 Å². The fourth-order valence-electron chi connectivity index (χ4n) is 2.00. The van der Waals surface area contributed by atoms with E-state index in [1.165, 1.54) is 18.3 Å². The minimum absolute atomic E-state index is 0.300. The second-order valence-corrected chi connectivity index (χ2v) is 4.85. The van der Waals surface area contributed by atoms with Crippen LogP contribution >= 0.6 is 11.6 Å². The van der Waals surface area contributed by atoms with Gasteiger partial charge in [-0.3, -0.25) is 4.68 Å². The second kappa shape index (κ2) is 6.83. The molecule has 2 aromatic rings. The van der Waals surface area contributed by atoms with E-state index in [1.807, 2.05) is 0 Å². The molecule has 0 aliphatic heterocycles. The lowest BCUT2D eigenvalue weighted by Crippen LogP contribution is -2.14. The Bertz CT molecular complexity index is 557. The lowest BCUT2D eigenvalue weighted by atomic mass is 10.1. The van der Waals surface area contributed by atoms with Crippen molar-refractivity contribution in [1.29, 1.82) is 0 Å². The summed E-state index contributed by atoms with van der Waals surface area (Å²) in [6.45, 7) is 0.993. The number of hydrogen-bond donors (Lipinski definition) is 1. The van der Waals surface area contributed by atoms with Crippen LogP contribution in [0.25, 0.3) is 0 Å². The van der Waals surface area contributed by atoms with Crippen molar-refractivity contribution in [3.63, 3.8) is 0 Å². The van der Waals surface area contributed by atoms with Gasteiger partial charge in [0, 0.05) is 13.5 Å². The molecule has 0 aliphatic carbocycles. The Morgan fingerprint density at radius 2 is 2.10 bits per heavy atom. The van der Waals surface area contributed by atoms with Gasteiger partial charge in [-0.1, -0.05) is 23.7 Å². The van der Waals surface area contributed by atoms with E-state index in [9.17, 15) is 9.50 Å². The van der Waals surface area contributed by atoms with Gasteiger partial charge in [-0.25, -0.2) is 4.39 Å². The number of aliphatic hydroxyl groups excluding tert-OH is 1. The van der Waals surface area contributed by atoms with Crippen LogP contribution in [0.5, 0.6) is 0 Å². The number of benzene rings is 1. The van der Waals surface area contributed by atoms with Crippen molar-refractivity contribution in [2.75, 3.05) is 13.7 Å². The Labute approximate surface area is 121 Å². The van der Waals surface area contributed by atoms with Gasteiger partial charge in [0.1, 0.15) is 11.9 Å². The van der Waals surface area contributed by atoms with Crippen LogP contribution in [0.15, 0.2) is 30.5 Å². The highest BCUT2D eigenvalue weighted by Gasteiger charge is 2.18. The lowest BCUT2D eigenvalue weighted by molar-refractivity contribution is 0.153. The molecule has 1 N–H and O–H groups in total. The largest absolute Gasteiger partial charge is 0.386 e. The van der Waals surface area contributed by atoms with Gasteiger partial charge in [0.15, 0.2) is 0 Å². The topological polar surface area (TPSA) is 47.3 Å². The number of halogens is 2. The molecule has 0 spiro atoms. The summed E-state index contributed by atoms with van der Waals surface area (Å²) in [5.41, 5.74) is 1.38. The summed E-state index contributed by atoms with van der Waals surface area (Å²) in [5, 5.41) is 14.8. The van der Waals surface area contributed by atoms with Crippen molar-refractivity contribution < 1.29 is 14.2 Å². The van der Waals surface area contributed by atoms with Crippen LogP contribution in [0.1, 0.15) is 17.4 Å². The van der Waals surface area contributed by atoms with Crippen molar-refractivity contribution >= 4 is 11.6 Å².